The monoisotopic (exact) mass is 286 g/mol. The second-order valence-corrected chi connectivity index (χ2v) is 3.77. The van der Waals surface area contributed by atoms with E-state index in [0.29, 0.717) is 0 Å². The van der Waals surface area contributed by atoms with E-state index in [4.69, 9.17) is 0 Å². The minimum Gasteiger partial charge on any atom is -0.341 e. The number of rotatable bonds is 1. The zero-order valence-corrected chi connectivity index (χ0v) is 8.90. The smallest absolute Gasteiger partial charge is 0.341 e. The van der Waals surface area contributed by atoms with Crippen LogP contribution in [0.1, 0.15) is 11.7 Å². The number of imidazole rings is 1. The van der Waals surface area contributed by atoms with Crippen molar-refractivity contribution in [2.75, 3.05) is 0 Å². The van der Waals surface area contributed by atoms with Gasteiger partial charge in [0.15, 0.2) is 5.82 Å². The Bertz CT molecular complexity index is 582. The molecule has 0 aliphatic rings. The lowest BCUT2D eigenvalue weighted by Gasteiger charge is -2.20. The summed E-state index contributed by atoms with van der Waals surface area (Å²) in [4.78, 5) is 4.93. The predicted molar refractivity (Wildman–Crippen MR) is 50.9 cm³/mol. The molecule has 0 spiro atoms. The highest BCUT2D eigenvalue weighted by Crippen LogP contribution is 2.45. The Morgan fingerprint density at radius 3 is 2.05 bits per heavy atom. The van der Waals surface area contributed by atoms with Gasteiger partial charge in [0.05, 0.1) is 5.52 Å². The molecule has 0 saturated carbocycles. The minimum absolute atomic E-state index is 0.228. The predicted octanol–water partition coefficient (Wildman–Crippen LogP) is 3.91. The summed E-state index contributed by atoms with van der Waals surface area (Å²) < 4.78 is 88.0. The summed E-state index contributed by atoms with van der Waals surface area (Å²) in [6.45, 7) is 0. The normalized spacial score (nSPS) is 13.5. The number of nitrogens with zero attached hydrogens (tertiary/aromatic N) is 1. The van der Waals surface area contributed by atoms with Crippen LogP contribution in [0.5, 0.6) is 0 Å². The molecule has 2 nitrogen and oxygen atoms in total. The van der Waals surface area contributed by atoms with Crippen molar-refractivity contribution in [1.29, 1.82) is 0 Å². The molecule has 104 valence electrons. The second-order valence-electron chi connectivity index (χ2n) is 3.77. The number of benzene rings is 1. The van der Waals surface area contributed by atoms with Crippen LogP contribution in [-0.2, 0) is 0 Å². The van der Waals surface area contributed by atoms with Crippen LogP contribution in [-0.4, -0.2) is 22.3 Å². The number of hydrogen-bond acceptors (Lipinski definition) is 1. The summed E-state index contributed by atoms with van der Waals surface area (Å²) in [7, 11) is 0. The molecule has 0 unspecified atom stereocenters. The van der Waals surface area contributed by atoms with Crippen molar-refractivity contribution in [1.82, 2.24) is 9.97 Å². The molecule has 0 bridgehead atoms. The van der Waals surface area contributed by atoms with Gasteiger partial charge in [-0.1, -0.05) is 6.07 Å². The molecule has 1 heterocycles. The zero-order chi connectivity index (χ0) is 14.4. The summed E-state index contributed by atoms with van der Waals surface area (Å²) in [5, 5.41) is 0. The number of hydrogen-bond donors (Lipinski definition) is 1. The molecule has 2 rings (SSSR count). The minimum atomic E-state index is -5.57. The standard InChI is InChI=1S/C10H5F7N2/c11-4-2-1-3-5-6(4)19-8(18-5)7(9(12,13)14)10(15,16)17/h1-3,7H,(H,18,19). The maximum Gasteiger partial charge on any atom is 0.407 e. The summed E-state index contributed by atoms with van der Waals surface area (Å²) in [6.07, 6.45) is -11.1. The quantitative estimate of drug-likeness (QED) is 0.791. The molecule has 0 saturated heterocycles. The molecule has 1 aromatic carbocycles. The Balaban J connectivity index is 2.61. The summed E-state index contributed by atoms with van der Waals surface area (Å²) in [5.74, 6) is -6.14. The number of aromatic amines is 1. The van der Waals surface area contributed by atoms with Crippen molar-refractivity contribution >= 4 is 11.0 Å². The highest BCUT2D eigenvalue weighted by atomic mass is 19.4. The molecule has 1 aromatic heterocycles. The van der Waals surface area contributed by atoms with Gasteiger partial charge in [0, 0.05) is 0 Å². The fourth-order valence-corrected chi connectivity index (χ4v) is 1.65. The molecular weight excluding hydrogens is 281 g/mol. The van der Waals surface area contributed by atoms with Gasteiger partial charge in [-0.2, -0.15) is 26.3 Å². The first-order valence-electron chi connectivity index (χ1n) is 4.88. The SMILES string of the molecule is Fc1cccc2[nH]c(C(C(F)(F)F)C(F)(F)F)nc12. The number of aromatic nitrogens is 2. The van der Waals surface area contributed by atoms with Gasteiger partial charge in [-0.3, -0.25) is 0 Å². The molecular formula is C10H5F7N2. The average Bonchev–Trinajstić information content (AvgIpc) is 2.57. The molecule has 1 N–H and O–H groups in total. The van der Waals surface area contributed by atoms with Gasteiger partial charge in [-0.15, -0.1) is 0 Å². The first kappa shape index (κ1) is 13.6. The van der Waals surface area contributed by atoms with E-state index in [2.05, 4.69) is 4.98 Å². The van der Waals surface area contributed by atoms with Crippen molar-refractivity contribution in [2.45, 2.75) is 18.3 Å². The third kappa shape index (κ3) is 2.49. The zero-order valence-electron chi connectivity index (χ0n) is 8.90. The Morgan fingerprint density at radius 2 is 1.58 bits per heavy atom. The van der Waals surface area contributed by atoms with Crippen LogP contribution in [0.2, 0.25) is 0 Å². The fraction of sp³-hybridized carbons (Fsp3) is 0.300. The van der Waals surface area contributed by atoms with Gasteiger partial charge >= 0.3 is 12.4 Å². The molecule has 2 aromatic rings. The fourth-order valence-electron chi connectivity index (χ4n) is 1.65. The maximum absolute atomic E-state index is 13.2. The summed E-state index contributed by atoms with van der Waals surface area (Å²) in [6, 6.07) is 3.18. The number of H-pyrrole nitrogens is 1. The summed E-state index contributed by atoms with van der Waals surface area (Å²) in [5.41, 5.74) is -0.788. The van der Waals surface area contributed by atoms with Gasteiger partial charge < -0.3 is 4.98 Å². The maximum atomic E-state index is 13.2. The van der Waals surface area contributed by atoms with Crippen LogP contribution < -0.4 is 0 Å². The summed E-state index contributed by atoms with van der Waals surface area (Å²) >= 11 is 0. The highest BCUT2D eigenvalue weighted by Gasteiger charge is 2.59. The Morgan fingerprint density at radius 1 is 1.00 bits per heavy atom. The van der Waals surface area contributed by atoms with Crippen LogP contribution in [0.25, 0.3) is 11.0 Å². The van der Waals surface area contributed by atoms with Gasteiger partial charge in [0.25, 0.3) is 0 Å². The van der Waals surface area contributed by atoms with Crippen molar-refractivity contribution in [3.05, 3.63) is 29.8 Å². The van der Waals surface area contributed by atoms with Gasteiger partial charge in [-0.25, -0.2) is 9.37 Å². The third-order valence-electron chi connectivity index (χ3n) is 2.41. The second kappa shape index (κ2) is 4.10. The van der Waals surface area contributed by atoms with Crippen LogP contribution >= 0.6 is 0 Å². The molecule has 9 heteroatoms. The Hall–Kier alpha value is -1.80. The topological polar surface area (TPSA) is 28.7 Å². The van der Waals surface area contributed by atoms with E-state index >= 15 is 0 Å². The molecule has 0 amide bonds. The van der Waals surface area contributed by atoms with Crippen molar-refractivity contribution < 1.29 is 30.7 Å². The van der Waals surface area contributed by atoms with Crippen molar-refractivity contribution in [2.24, 2.45) is 0 Å². The Kier molecular flexibility index (Phi) is 2.94. The first-order chi connectivity index (χ1) is 8.60. The van der Waals surface area contributed by atoms with Crippen LogP contribution in [0.4, 0.5) is 30.7 Å². The molecule has 0 aliphatic heterocycles. The van der Waals surface area contributed by atoms with Crippen LogP contribution in [0.15, 0.2) is 18.2 Å². The van der Waals surface area contributed by atoms with E-state index in [9.17, 15) is 30.7 Å². The van der Waals surface area contributed by atoms with E-state index < -0.39 is 35.4 Å². The molecule has 19 heavy (non-hydrogen) atoms. The highest BCUT2D eigenvalue weighted by molar-refractivity contribution is 5.75. The largest absolute Gasteiger partial charge is 0.407 e. The number of para-hydroxylation sites is 1. The number of fused-ring (bicyclic) bond motifs is 1. The lowest BCUT2D eigenvalue weighted by Crippen LogP contribution is -2.34. The molecule has 0 radical (unpaired) electrons. The first-order valence-corrected chi connectivity index (χ1v) is 4.88. The number of alkyl halides is 6. The van der Waals surface area contributed by atoms with Crippen LogP contribution in [0, 0.1) is 5.82 Å². The number of nitrogens with one attached hydrogen (secondary N) is 1. The van der Waals surface area contributed by atoms with E-state index in [1.807, 2.05) is 4.98 Å². The third-order valence-corrected chi connectivity index (χ3v) is 2.41. The lowest BCUT2D eigenvalue weighted by molar-refractivity contribution is -0.255. The van der Waals surface area contributed by atoms with Gasteiger partial charge in [0.2, 0.25) is 5.92 Å². The van der Waals surface area contributed by atoms with E-state index in [-0.39, 0.29) is 5.52 Å². The van der Waals surface area contributed by atoms with E-state index in [0.717, 1.165) is 18.2 Å². The molecule has 0 fully saturated rings. The Labute approximate surface area is 101 Å². The van der Waals surface area contributed by atoms with Crippen LogP contribution in [0.3, 0.4) is 0 Å². The number of halogens is 7. The van der Waals surface area contributed by atoms with E-state index in [1.54, 1.807) is 0 Å². The average molecular weight is 286 g/mol. The molecule has 0 aliphatic carbocycles. The van der Waals surface area contributed by atoms with E-state index in [1.165, 1.54) is 0 Å². The van der Waals surface area contributed by atoms with Gasteiger partial charge in [-0.05, 0) is 12.1 Å². The van der Waals surface area contributed by atoms with Gasteiger partial charge in [0.1, 0.15) is 11.3 Å². The molecule has 0 atom stereocenters. The van der Waals surface area contributed by atoms with Crippen molar-refractivity contribution in [3.63, 3.8) is 0 Å². The lowest BCUT2D eigenvalue weighted by atomic mass is 10.1. The van der Waals surface area contributed by atoms with Crippen molar-refractivity contribution in [3.8, 4) is 0 Å².